The van der Waals surface area contributed by atoms with Gasteiger partial charge in [0.25, 0.3) is 0 Å². The lowest BCUT2D eigenvalue weighted by Crippen LogP contribution is -2.31. The van der Waals surface area contributed by atoms with Crippen LogP contribution < -0.4 is 10.1 Å². The molecule has 0 heterocycles. The van der Waals surface area contributed by atoms with Gasteiger partial charge in [-0.3, -0.25) is 0 Å². The van der Waals surface area contributed by atoms with E-state index in [4.69, 9.17) is 4.74 Å². The van der Waals surface area contributed by atoms with Crippen molar-refractivity contribution >= 4 is 0 Å². The third kappa shape index (κ3) is 6.95. The molecule has 0 bridgehead atoms. The van der Waals surface area contributed by atoms with E-state index in [0.717, 1.165) is 24.6 Å². The molecule has 0 saturated carbocycles. The van der Waals surface area contributed by atoms with Crippen LogP contribution in [0.4, 0.5) is 0 Å². The molecule has 2 nitrogen and oxygen atoms in total. The molecule has 0 amide bonds. The van der Waals surface area contributed by atoms with Crippen LogP contribution in [0.5, 0.6) is 5.75 Å². The maximum atomic E-state index is 5.31. The van der Waals surface area contributed by atoms with Crippen LogP contribution in [0, 0.1) is 5.92 Å². The van der Waals surface area contributed by atoms with Crippen LogP contribution in [0.25, 0.3) is 0 Å². The van der Waals surface area contributed by atoms with E-state index in [-0.39, 0.29) is 0 Å². The molecule has 0 fully saturated rings. The van der Waals surface area contributed by atoms with Crippen molar-refractivity contribution in [3.05, 3.63) is 29.8 Å². The smallest absolute Gasteiger partial charge is 0.119 e. The van der Waals surface area contributed by atoms with Crippen LogP contribution in [0.3, 0.4) is 0 Å². The summed E-state index contributed by atoms with van der Waals surface area (Å²) in [5.74, 6) is 1.76. The Morgan fingerprint density at radius 2 is 2.00 bits per heavy atom. The summed E-state index contributed by atoms with van der Waals surface area (Å²) in [6, 6.07) is 9.03. The van der Waals surface area contributed by atoms with Crippen molar-refractivity contribution in [1.29, 1.82) is 0 Å². The van der Waals surface area contributed by atoms with E-state index < -0.39 is 0 Å². The summed E-state index contributed by atoms with van der Waals surface area (Å²) in [6.45, 7) is 7.94. The third-order valence-electron chi connectivity index (χ3n) is 3.63. The highest BCUT2D eigenvalue weighted by Gasteiger charge is 2.09. The Labute approximate surface area is 124 Å². The molecule has 0 aliphatic heterocycles. The molecule has 114 valence electrons. The Bertz CT molecular complexity index is 362. The highest BCUT2D eigenvalue weighted by atomic mass is 16.5. The van der Waals surface area contributed by atoms with Gasteiger partial charge in [-0.05, 0) is 49.4 Å². The van der Waals surface area contributed by atoms with Crippen molar-refractivity contribution in [3.8, 4) is 5.75 Å². The summed E-state index contributed by atoms with van der Waals surface area (Å²) in [7, 11) is 1.73. The third-order valence-corrected chi connectivity index (χ3v) is 3.63. The molecule has 1 rings (SSSR count). The second kappa shape index (κ2) is 9.82. The molecule has 1 atom stereocenters. The first-order valence-electron chi connectivity index (χ1n) is 8.02. The van der Waals surface area contributed by atoms with Crippen molar-refractivity contribution in [2.45, 2.75) is 58.9 Å². The van der Waals surface area contributed by atoms with Gasteiger partial charge in [0.05, 0.1) is 7.11 Å². The largest absolute Gasteiger partial charge is 0.497 e. The minimum Gasteiger partial charge on any atom is -0.497 e. The van der Waals surface area contributed by atoms with Crippen LogP contribution in [0.1, 0.15) is 52.0 Å². The molecule has 20 heavy (non-hydrogen) atoms. The number of hydrogen-bond donors (Lipinski definition) is 1. The first-order valence-corrected chi connectivity index (χ1v) is 8.02. The van der Waals surface area contributed by atoms with E-state index in [1.165, 1.54) is 31.2 Å². The Balaban J connectivity index is 2.53. The number of nitrogens with one attached hydrogen (secondary N) is 1. The highest BCUT2D eigenvalue weighted by Crippen LogP contribution is 2.16. The average Bonchev–Trinajstić information content (AvgIpc) is 2.44. The normalized spacial score (nSPS) is 12.7. The van der Waals surface area contributed by atoms with Crippen molar-refractivity contribution in [2.75, 3.05) is 13.7 Å². The van der Waals surface area contributed by atoms with Crippen LogP contribution >= 0.6 is 0 Å². The molecule has 1 aromatic rings. The molecule has 1 N–H and O–H groups in total. The zero-order chi connectivity index (χ0) is 14.8. The zero-order valence-corrected chi connectivity index (χ0v) is 13.6. The van der Waals surface area contributed by atoms with Gasteiger partial charge in [0.1, 0.15) is 5.75 Å². The van der Waals surface area contributed by atoms with Gasteiger partial charge in [-0.15, -0.1) is 0 Å². The summed E-state index contributed by atoms with van der Waals surface area (Å²) < 4.78 is 5.31. The van der Waals surface area contributed by atoms with Gasteiger partial charge in [0.2, 0.25) is 0 Å². The van der Waals surface area contributed by atoms with E-state index in [9.17, 15) is 0 Å². The average molecular weight is 277 g/mol. The first kappa shape index (κ1) is 17.0. The molecule has 0 aromatic heterocycles. The van der Waals surface area contributed by atoms with E-state index in [1.54, 1.807) is 7.11 Å². The summed E-state index contributed by atoms with van der Waals surface area (Å²) in [5.41, 5.74) is 1.36. The molecule has 1 unspecified atom stereocenters. The predicted molar refractivity (Wildman–Crippen MR) is 87.5 cm³/mol. The number of rotatable bonds is 10. The van der Waals surface area contributed by atoms with Crippen LogP contribution in [-0.2, 0) is 6.42 Å². The van der Waals surface area contributed by atoms with Crippen molar-refractivity contribution in [3.63, 3.8) is 0 Å². The number of ether oxygens (including phenoxy) is 1. The molecule has 1 aromatic carbocycles. The number of benzene rings is 1. The van der Waals surface area contributed by atoms with Gasteiger partial charge in [0.15, 0.2) is 0 Å². The molecule has 0 aliphatic carbocycles. The lowest BCUT2D eigenvalue weighted by Gasteiger charge is -2.19. The van der Waals surface area contributed by atoms with E-state index in [2.05, 4.69) is 44.3 Å². The van der Waals surface area contributed by atoms with Gasteiger partial charge in [0, 0.05) is 6.04 Å². The van der Waals surface area contributed by atoms with Gasteiger partial charge >= 0.3 is 0 Å². The molecule has 0 radical (unpaired) electrons. The van der Waals surface area contributed by atoms with E-state index in [0.29, 0.717) is 6.04 Å². The van der Waals surface area contributed by atoms with E-state index >= 15 is 0 Å². The Morgan fingerprint density at radius 1 is 1.20 bits per heavy atom. The molecular weight excluding hydrogens is 246 g/mol. The summed E-state index contributed by atoms with van der Waals surface area (Å²) in [4.78, 5) is 0. The lowest BCUT2D eigenvalue weighted by molar-refractivity contribution is 0.412. The second-order valence-corrected chi connectivity index (χ2v) is 6.03. The second-order valence-electron chi connectivity index (χ2n) is 6.03. The van der Waals surface area contributed by atoms with Gasteiger partial charge < -0.3 is 10.1 Å². The Morgan fingerprint density at radius 3 is 2.65 bits per heavy atom. The Hall–Kier alpha value is -1.02. The van der Waals surface area contributed by atoms with Crippen LogP contribution in [0.15, 0.2) is 24.3 Å². The minimum absolute atomic E-state index is 0.584. The standard InChI is InChI=1S/C18H31NO/c1-5-12-19-17(10-6-8-15(2)3)13-16-9-7-11-18(14-16)20-4/h7,9,11,14-15,17,19H,5-6,8,10,12-13H2,1-4H3. The van der Waals surface area contributed by atoms with Crippen molar-refractivity contribution < 1.29 is 4.74 Å². The molecule has 2 heteroatoms. The van der Waals surface area contributed by atoms with Gasteiger partial charge in [-0.1, -0.05) is 45.7 Å². The quantitative estimate of drug-likeness (QED) is 0.683. The SMILES string of the molecule is CCCNC(CCCC(C)C)Cc1cccc(OC)c1. The fourth-order valence-corrected chi connectivity index (χ4v) is 2.48. The first-order chi connectivity index (χ1) is 9.65. The summed E-state index contributed by atoms with van der Waals surface area (Å²) in [5, 5.41) is 3.69. The minimum atomic E-state index is 0.584. The lowest BCUT2D eigenvalue weighted by atomic mass is 9.98. The maximum Gasteiger partial charge on any atom is 0.119 e. The van der Waals surface area contributed by atoms with Crippen LogP contribution in [0.2, 0.25) is 0 Å². The maximum absolute atomic E-state index is 5.31. The topological polar surface area (TPSA) is 21.3 Å². The van der Waals surface area contributed by atoms with E-state index in [1.807, 2.05) is 6.07 Å². The van der Waals surface area contributed by atoms with Crippen molar-refractivity contribution in [1.82, 2.24) is 5.32 Å². The molecule has 0 saturated heterocycles. The Kier molecular flexibility index (Phi) is 8.36. The molecule has 0 aliphatic rings. The predicted octanol–water partition coefficient (Wildman–Crippen LogP) is 4.43. The zero-order valence-electron chi connectivity index (χ0n) is 13.6. The monoisotopic (exact) mass is 277 g/mol. The fourth-order valence-electron chi connectivity index (χ4n) is 2.48. The number of hydrogen-bond acceptors (Lipinski definition) is 2. The van der Waals surface area contributed by atoms with Gasteiger partial charge in [-0.2, -0.15) is 0 Å². The summed E-state index contributed by atoms with van der Waals surface area (Å²) in [6.07, 6.45) is 6.18. The fraction of sp³-hybridized carbons (Fsp3) is 0.667. The highest BCUT2D eigenvalue weighted by molar-refractivity contribution is 5.28. The van der Waals surface area contributed by atoms with Gasteiger partial charge in [-0.25, -0.2) is 0 Å². The van der Waals surface area contributed by atoms with Crippen molar-refractivity contribution in [2.24, 2.45) is 5.92 Å². The number of methoxy groups -OCH3 is 1. The summed E-state index contributed by atoms with van der Waals surface area (Å²) >= 11 is 0. The van der Waals surface area contributed by atoms with Crippen LogP contribution in [-0.4, -0.2) is 19.7 Å². The molecular formula is C18H31NO. The molecule has 0 spiro atoms.